The summed E-state index contributed by atoms with van der Waals surface area (Å²) in [5.41, 5.74) is 3.71. The van der Waals surface area contributed by atoms with Gasteiger partial charge in [-0.25, -0.2) is 9.48 Å². The molecule has 130 valence electrons. The van der Waals surface area contributed by atoms with E-state index in [1.807, 2.05) is 35.9 Å². The standard InChI is InChI=1S/C17H21N7O/c1-11(2)16-13(19-17(25)20-15-10-23(4)22-21-15)9-18-24(16)14-8-6-5-7-12(14)3/h5-11H,1-4H3,(H2,19,20,25). The number of amides is 2. The third-order valence-electron chi connectivity index (χ3n) is 3.79. The zero-order valence-electron chi connectivity index (χ0n) is 14.7. The molecule has 0 radical (unpaired) electrons. The van der Waals surface area contributed by atoms with E-state index in [2.05, 4.69) is 39.9 Å². The molecule has 0 atom stereocenters. The number of anilines is 2. The van der Waals surface area contributed by atoms with Crippen LogP contribution in [0.2, 0.25) is 0 Å². The van der Waals surface area contributed by atoms with E-state index in [-0.39, 0.29) is 11.9 Å². The maximum Gasteiger partial charge on any atom is 0.325 e. The molecule has 2 aromatic heterocycles. The number of hydrogen-bond donors (Lipinski definition) is 2. The smallest absolute Gasteiger partial charge is 0.304 e. The minimum atomic E-state index is -0.383. The molecule has 8 heteroatoms. The van der Waals surface area contributed by atoms with E-state index in [0.29, 0.717) is 11.5 Å². The first-order valence-corrected chi connectivity index (χ1v) is 8.04. The second kappa shape index (κ2) is 6.76. The monoisotopic (exact) mass is 339 g/mol. The van der Waals surface area contributed by atoms with Crippen LogP contribution in [0, 0.1) is 6.92 Å². The molecule has 2 heterocycles. The first-order valence-electron chi connectivity index (χ1n) is 8.04. The topological polar surface area (TPSA) is 89.7 Å². The number of benzene rings is 1. The number of urea groups is 1. The molecule has 0 saturated carbocycles. The molecule has 0 fully saturated rings. The summed E-state index contributed by atoms with van der Waals surface area (Å²) < 4.78 is 3.39. The van der Waals surface area contributed by atoms with Gasteiger partial charge in [0, 0.05) is 7.05 Å². The molecule has 3 aromatic rings. The predicted molar refractivity (Wildman–Crippen MR) is 96.0 cm³/mol. The molecule has 2 amide bonds. The van der Waals surface area contributed by atoms with Crippen LogP contribution >= 0.6 is 0 Å². The molecule has 25 heavy (non-hydrogen) atoms. The van der Waals surface area contributed by atoms with E-state index in [1.165, 1.54) is 4.68 Å². The number of aromatic nitrogens is 5. The highest BCUT2D eigenvalue weighted by Crippen LogP contribution is 2.28. The molecule has 0 bridgehead atoms. The van der Waals surface area contributed by atoms with Gasteiger partial charge in [-0.1, -0.05) is 37.3 Å². The Hall–Kier alpha value is -3.16. The maximum absolute atomic E-state index is 12.2. The average molecular weight is 339 g/mol. The van der Waals surface area contributed by atoms with Gasteiger partial charge in [-0.15, -0.1) is 5.10 Å². The number of aryl methyl sites for hydroxylation is 2. The van der Waals surface area contributed by atoms with Crippen molar-refractivity contribution >= 4 is 17.5 Å². The average Bonchev–Trinajstić information content (AvgIpc) is 3.14. The van der Waals surface area contributed by atoms with Crippen LogP contribution in [-0.4, -0.2) is 30.8 Å². The van der Waals surface area contributed by atoms with E-state index >= 15 is 0 Å². The normalized spacial score (nSPS) is 10.9. The lowest BCUT2D eigenvalue weighted by Gasteiger charge is -2.14. The number of para-hydroxylation sites is 1. The second-order valence-electron chi connectivity index (χ2n) is 6.15. The molecular formula is C17H21N7O. The van der Waals surface area contributed by atoms with Crippen LogP contribution in [0.1, 0.15) is 31.0 Å². The molecule has 0 aliphatic carbocycles. The van der Waals surface area contributed by atoms with Gasteiger partial charge in [0.2, 0.25) is 0 Å². The Labute approximate surface area is 145 Å². The molecular weight excluding hydrogens is 318 g/mol. The Balaban J connectivity index is 1.87. The van der Waals surface area contributed by atoms with Gasteiger partial charge < -0.3 is 5.32 Å². The minimum Gasteiger partial charge on any atom is -0.304 e. The fourth-order valence-electron chi connectivity index (χ4n) is 2.68. The molecule has 0 spiro atoms. The summed E-state index contributed by atoms with van der Waals surface area (Å²) in [6.45, 7) is 6.17. The maximum atomic E-state index is 12.2. The van der Waals surface area contributed by atoms with Gasteiger partial charge >= 0.3 is 6.03 Å². The molecule has 0 saturated heterocycles. The van der Waals surface area contributed by atoms with Crippen LogP contribution < -0.4 is 10.6 Å². The van der Waals surface area contributed by atoms with Gasteiger partial charge in [-0.3, -0.25) is 10.00 Å². The lowest BCUT2D eigenvalue weighted by atomic mass is 10.1. The van der Waals surface area contributed by atoms with Gasteiger partial charge in [-0.05, 0) is 24.5 Å². The Morgan fingerprint density at radius 3 is 2.60 bits per heavy atom. The van der Waals surface area contributed by atoms with Gasteiger partial charge in [0.1, 0.15) is 0 Å². The van der Waals surface area contributed by atoms with E-state index in [0.717, 1.165) is 16.9 Å². The van der Waals surface area contributed by atoms with Crippen LogP contribution in [-0.2, 0) is 7.05 Å². The van der Waals surface area contributed by atoms with E-state index < -0.39 is 0 Å². The molecule has 3 rings (SSSR count). The van der Waals surface area contributed by atoms with E-state index in [9.17, 15) is 4.79 Å². The fourth-order valence-corrected chi connectivity index (χ4v) is 2.68. The number of carbonyl (C=O) groups excluding carboxylic acids is 1. The zero-order valence-corrected chi connectivity index (χ0v) is 14.7. The van der Waals surface area contributed by atoms with Crippen molar-refractivity contribution in [3.05, 3.63) is 47.9 Å². The number of hydrogen-bond acceptors (Lipinski definition) is 4. The summed E-state index contributed by atoms with van der Waals surface area (Å²) in [6.07, 6.45) is 3.29. The minimum absolute atomic E-state index is 0.175. The summed E-state index contributed by atoms with van der Waals surface area (Å²) in [4.78, 5) is 12.2. The van der Waals surface area contributed by atoms with Crippen molar-refractivity contribution in [2.24, 2.45) is 7.05 Å². The van der Waals surface area contributed by atoms with Crippen molar-refractivity contribution in [3.8, 4) is 5.69 Å². The summed E-state index contributed by atoms with van der Waals surface area (Å²) >= 11 is 0. The van der Waals surface area contributed by atoms with Crippen LogP contribution in [0.5, 0.6) is 0 Å². The quantitative estimate of drug-likeness (QED) is 0.764. The lowest BCUT2D eigenvalue weighted by Crippen LogP contribution is -2.20. The summed E-state index contributed by atoms with van der Waals surface area (Å²) in [5, 5.41) is 17.6. The molecule has 0 aliphatic heterocycles. The van der Waals surface area contributed by atoms with E-state index in [4.69, 9.17) is 0 Å². The number of carbonyl (C=O) groups is 1. The summed E-state index contributed by atoms with van der Waals surface area (Å²) in [7, 11) is 1.74. The van der Waals surface area contributed by atoms with Crippen molar-refractivity contribution in [1.29, 1.82) is 0 Å². The van der Waals surface area contributed by atoms with Crippen molar-refractivity contribution in [1.82, 2.24) is 24.8 Å². The van der Waals surface area contributed by atoms with Gasteiger partial charge in [-0.2, -0.15) is 5.10 Å². The first kappa shape index (κ1) is 16.7. The van der Waals surface area contributed by atoms with Crippen LogP contribution in [0.4, 0.5) is 16.3 Å². The second-order valence-corrected chi connectivity index (χ2v) is 6.15. The predicted octanol–water partition coefficient (Wildman–Crippen LogP) is 3.08. The highest BCUT2D eigenvalue weighted by atomic mass is 16.2. The SMILES string of the molecule is Cc1ccccc1-n1ncc(NC(=O)Nc2cn(C)nn2)c1C(C)C. The third kappa shape index (κ3) is 3.52. The van der Waals surface area contributed by atoms with E-state index in [1.54, 1.807) is 19.4 Å². The van der Waals surface area contributed by atoms with Crippen molar-refractivity contribution in [2.45, 2.75) is 26.7 Å². The van der Waals surface area contributed by atoms with Crippen molar-refractivity contribution in [2.75, 3.05) is 10.6 Å². The van der Waals surface area contributed by atoms with Gasteiger partial charge in [0.25, 0.3) is 0 Å². The summed E-state index contributed by atoms with van der Waals surface area (Å²) in [5.74, 6) is 0.561. The largest absolute Gasteiger partial charge is 0.325 e. The van der Waals surface area contributed by atoms with Crippen LogP contribution in [0.25, 0.3) is 5.69 Å². The van der Waals surface area contributed by atoms with Gasteiger partial charge in [0.05, 0.1) is 29.5 Å². The first-order chi connectivity index (χ1) is 12.0. The summed E-state index contributed by atoms with van der Waals surface area (Å²) in [6, 6.07) is 7.63. The number of rotatable bonds is 4. The number of nitrogens with zero attached hydrogens (tertiary/aromatic N) is 5. The fraction of sp³-hybridized carbons (Fsp3) is 0.294. The lowest BCUT2D eigenvalue weighted by molar-refractivity contribution is 0.262. The third-order valence-corrected chi connectivity index (χ3v) is 3.79. The Morgan fingerprint density at radius 1 is 1.20 bits per heavy atom. The Kier molecular flexibility index (Phi) is 4.51. The van der Waals surface area contributed by atoms with Crippen LogP contribution in [0.15, 0.2) is 36.7 Å². The molecule has 0 aliphatic rings. The Morgan fingerprint density at radius 2 is 1.96 bits per heavy atom. The Bertz CT molecular complexity index is 894. The highest BCUT2D eigenvalue weighted by molar-refractivity contribution is 5.99. The molecule has 2 N–H and O–H groups in total. The number of nitrogens with one attached hydrogen (secondary N) is 2. The van der Waals surface area contributed by atoms with Crippen molar-refractivity contribution in [3.63, 3.8) is 0 Å². The van der Waals surface area contributed by atoms with Crippen LogP contribution in [0.3, 0.4) is 0 Å². The molecule has 0 unspecified atom stereocenters. The zero-order chi connectivity index (χ0) is 18.0. The molecule has 1 aromatic carbocycles. The molecule has 8 nitrogen and oxygen atoms in total. The van der Waals surface area contributed by atoms with Gasteiger partial charge in [0.15, 0.2) is 5.82 Å². The van der Waals surface area contributed by atoms with Crippen molar-refractivity contribution < 1.29 is 4.79 Å². The highest BCUT2D eigenvalue weighted by Gasteiger charge is 2.18.